The summed E-state index contributed by atoms with van der Waals surface area (Å²) >= 11 is 0. The second kappa shape index (κ2) is 6.46. The van der Waals surface area contributed by atoms with E-state index < -0.39 is 0 Å². The van der Waals surface area contributed by atoms with E-state index in [0.29, 0.717) is 18.2 Å². The second-order valence-electron chi connectivity index (χ2n) is 6.81. The predicted molar refractivity (Wildman–Crippen MR) is 91.7 cm³/mol. The average Bonchev–Trinajstić information content (AvgIpc) is 2.51. The van der Waals surface area contributed by atoms with Gasteiger partial charge in [0.15, 0.2) is 0 Å². The van der Waals surface area contributed by atoms with Crippen LogP contribution in [0.2, 0.25) is 0 Å². The summed E-state index contributed by atoms with van der Waals surface area (Å²) in [6, 6.07) is 6.24. The summed E-state index contributed by atoms with van der Waals surface area (Å²) in [5.41, 5.74) is 3.66. The number of hydrogen-bond donors (Lipinski definition) is 1. The molecule has 124 valence electrons. The van der Waals surface area contributed by atoms with Crippen LogP contribution in [0.3, 0.4) is 0 Å². The lowest BCUT2D eigenvalue weighted by molar-refractivity contribution is 0.0454. The molecule has 0 saturated carbocycles. The number of aryl methyl sites for hydroxylation is 2. The molecule has 1 saturated heterocycles. The van der Waals surface area contributed by atoms with E-state index in [1.54, 1.807) is 6.07 Å². The Morgan fingerprint density at radius 1 is 1.22 bits per heavy atom. The van der Waals surface area contributed by atoms with Gasteiger partial charge in [-0.25, -0.2) is 4.79 Å². The van der Waals surface area contributed by atoms with Crippen molar-refractivity contribution in [1.82, 2.24) is 4.90 Å². The molecule has 1 N–H and O–H groups in total. The molecule has 23 heavy (non-hydrogen) atoms. The molecule has 0 amide bonds. The molecule has 1 aromatic carbocycles. The Hall–Kier alpha value is -1.65. The minimum atomic E-state index is -0.305. The van der Waals surface area contributed by atoms with Crippen LogP contribution in [-0.4, -0.2) is 28.7 Å². The zero-order valence-electron chi connectivity index (χ0n) is 14.1. The average molecular weight is 315 g/mol. The van der Waals surface area contributed by atoms with Crippen molar-refractivity contribution in [1.29, 1.82) is 0 Å². The zero-order chi connectivity index (χ0) is 16.6. The van der Waals surface area contributed by atoms with Gasteiger partial charge in [0.1, 0.15) is 5.58 Å². The van der Waals surface area contributed by atoms with E-state index in [0.717, 1.165) is 35.8 Å². The van der Waals surface area contributed by atoms with Gasteiger partial charge in [-0.3, -0.25) is 4.90 Å². The largest absolute Gasteiger partial charge is 0.423 e. The molecule has 4 nitrogen and oxygen atoms in total. The van der Waals surface area contributed by atoms with Crippen LogP contribution >= 0.6 is 0 Å². The molecule has 0 bridgehead atoms. The van der Waals surface area contributed by atoms with Gasteiger partial charge in [-0.05, 0) is 62.4 Å². The van der Waals surface area contributed by atoms with E-state index in [-0.39, 0.29) is 18.3 Å². The van der Waals surface area contributed by atoms with Gasteiger partial charge in [-0.15, -0.1) is 0 Å². The minimum absolute atomic E-state index is 0.169. The maximum atomic E-state index is 11.9. The van der Waals surface area contributed by atoms with Crippen molar-refractivity contribution in [3.63, 3.8) is 0 Å². The van der Waals surface area contributed by atoms with Crippen LogP contribution in [0.15, 0.2) is 27.4 Å². The number of rotatable bonds is 3. The lowest BCUT2D eigenvalue weighted by Gasteiger charge is -2.40. The molecule has 4 heteroatoms. The van der Waals surface area contributed by atoms with Gasteiger partial charge in [-0.1, -0.05) is 6.42 Å². The number of benzene rings is 1. The lowest BCUT2D eigenvalue weighted by Crippen LogP contribution is -2.46. The Morgan fingerprint density at radius 2 is 1.96 bits per heavy atom. The molecule has 1 aromatic heterocycles. The zero-order valence-corrected chi connectivity index (χ0v) is 14.1. The fourth-order valence-electron chi connectivity index (χ4n) is 3.63. The summed E-state index contributed by atoms with van der Waals surface area (Å²) in [6.45, 7) is 7.14. The summed E-state index contributed by atoms with van der Waals surface area (Å²) in [4.78, 5) is 14.3. The maximum Gasteiger partial charge on any atom is 0.336 e. The second-order valence-corrected chi connectivity index (χ2v) is 6.81. The molecule has 1 fully saturated rings. The first-order valence-electron chi connectivity index (χ1n) is 8.40. The Morgan fingerprint density at radius 3 is 2.70 bits per heavy atom. The fraction of sp³-hybridized carbons (Fsp3) is 0.526. The molecule has 2 aromatic rings. The summed E-state index contributed by atoms with van der Waals surface area (Å²) in [5, 5.41) is 10.7. The molecule has 1 aliphatic rings. The molecular weight excluding hydrogens is 290 g/mol. The van der Waals surface area contributed by atoms with E-state index in [9.17, 15) is 9.90 Å². The van der Waals surface area contributed by atoms with Gasteiger partial charge >= 0.3 is 5.63 Å². The van der Waals surface area contributed by atoms with E-state index in [1.807, 2.05) is 13.0 Å². The molecule has 2 unspecified atom stereocenters. The summed E-state index contributed by atoms with van der Waals surface area (Å²) < 4.78 is 5.38. The highest BCUT2D eigenvalue weighted by Gasteiger charge is 2.28. The number of aliphatic hydroxyl groups excluding tert-OH is 1. The van der Waals surface area contributed by atoms with Crippen LogP contribution in [0, 0.1) is 13.8 Å². The molecule has 0 spiro atoms. The van der Waals surface area contributed by atoms with Crippen LogP contribution in [0.1, 0.15) is 42.9 Å². The third kappa shape index (κ3) is 3.19. The third-order valence-electron chi connectivity index (χ3n) is 5.20. The van der Waals surface area contributed by atoms with Crippen LogP contribution in [0.5, 0.6) is 0 Å². The first-order chi connectivity index (χ1) is 11.0. The Labute approximate surface area is 136 Å². The van der Waals surface area contributed by atoms with E-state index >= 15 is 0 Å². The number of hydrogen-bond acceptors (Lipinski definition) is 4. The molecular formula is C19H25NO3. The van der Waals surface area contributed by atoms with Crippen molar-refractivity contribution < 1.29 is 9.52 Å². The number of aliphatic hydroxyl groups is 1. The standard InChI is InChI=1S/C19H25NO3/c1-12-7-17-15(9-19(22)23-18(17)8-13(12)2)10-20-14(3)5-4-6-16(20)11-21/h7-9,14,16,21H,4-6,10-11H2,1-3H3. The SMILES string of the molecule is Cc1cc2oc(=O)cc(CN3C(C)CCCC3CO)c2cc1C. The number of fused-ring (bicyclic) bond motifs is 1. The van der Waals surface area contributed by atoms with Crippen molar-refractivity contribution in [3.8, 4) is 0 Å². The van der Waals surface area contributed by atoms with Gasteiger partial charge in [0.2, 0.25) is 0 Å². The minimum Gasteiger partial charge on any atom is -0.423 e. The summed E-state index contributed by atoms with van der Waals surface area (Å²) in [6.07, 6.45) is 3.30. The number of piperidine rings is 1. The van der Waals surface area contributed by atoms with Gasteiger partial charge in [0.25, 0.3) is 0 Å². The predicted octanol–water partition coefficient (Wildman–Crippen LogP) is 3.15. The monoisotopic (exact) mass is 315 g/mol. The number of nitrogens with zero attached hydrogens (tertiary/aromatic N) is 1. The Kier molecular flexibility index (Phi) is 4.55. The first-order valence-corrected chi connectivity index (χ1v) is 8.40. The van der Waals surface area contributed by atoms with Crippen molar-refractivity contribution in [2.24, 2.45) is 0 Å². The van der Waals surface area contributed by atoms with Crippen molar-refractivity contribution in [3.05, 3.63) is 45.3 Å². The van der Waals surface area contributed by atoms with Gasteiger partial charge in [0, 0.05) is 30.1 Å². The highest BCUT2D eigenvalue weighted by atomic mass is 16.4. The Balaban J connectivity index is 2.05. The van der Waals surface area contributed by atoms with Crippen LogP contribution < -0.4 is 5.63 Å². The highest BCUT2D eigenvalue weighted by Crippen LogP contribution is 2.28. The molecule has 2 atom stereocenters. The van der Waals surface area contributed by atoms with Gasteiger partial charge in [0.05, 0.1) is 6.61 Å². The summed E-state index contributed by atoms with van der Waals surface area (Å²) in [7, 11) is 0. The van der Waals surface area contributed by atoms with Crippen molar-refractivity contribution in [2.75, 3.05) is 6.61 Å². The maximum absolute atomic E-state index is 11.9. The van der Waals surface area contributed by atoms with Crippen LogP contribution in [-0.2, 0) is 6.54 Å². The van der Waals surface area contributed by atoms with Crippen LogP contribution in [0.25, 0.3) is 11.0 Å². The van der Waals surface area contributed by atoms with E-state index in [1.165, 1.54) is 5.56 Å². The summed E-state index contributed by atoms with van der Waals surface area (Å²) in [5.74, 6) is 0. The molecule has 3 rings (SSSR count). The topological polar surface area (TPSA) is 53.7 Å². The first kappa shape index (κ1) is 16.2. The quantitative estimate of drug-likeness (QED) is 0.884. The smallest absolute Gasteiger partial charge is 0.336 e. The fourth-order valence-corrected chi connectivity index (χ4v) is 3.63. The Bertz CT molecular complexity index is 765. The van der Waals surface area contributed by atoms with Crippen molar-refractivity contribution >= 4 is 11.0 Å². The number of likely N-dealkylation sites (tertiary alicyclic amines) is 1. The molecule has 1 aliphatic heterocycles. The molecule has 2 heterocycles. The normalized spacial score (nSPS) is 22.6. The molecule has 0 aliphatic carbocycles. The van der Waals surface area contributed by atoms with E-state index in [2.05, 4.69) is 24.8 Å². The van der Waals surface area contributed by atoms with Gasteiger partial charge < -0.3 is 9.52 Å². The van der Waals surface area contributed by atoms with E-state index in [4.69, 9.17) is 4.42 Å². The van der Waals surface area contributed by atoms with Crippen molar-refractivity contribution in [2.45, 2.75) is 58.7 Å². The van der Waals surface area contributed by atoms with Gasteiger partial charge in [-0.2, -0.15) is 0 Å². The lowest BCUT2D eigenvalue weighted by atomic mass is 9.95. The third-order valence-corrected chi connectivity index (χ3v) is 5.20. The molecule has 0 radical (unpaired) electrons. The highest BCUT2D eigenvalue weighted by molar-refractivity contribution is 5.81. The van der Waals surface area contributed by atoms with Crippen LogP contribution in [0.4, 0.5) is 0 Å².